The maximum Gasteiger partial charge on any atom is 0.276 e. The first kappa shape index (κ1) is 22.0. The highest BCUT2D eigenvalue weighted by Crippen LogP contribution is 2.30. The number of carbonyl (C=O) groups is 1. The topological polar surface area (TPSA) is 111 Å². The van der Waals surface area contributed by atoms with Crippen molar-refractivity contribution in [2.75, 3.05) is 25.5 Å². The third kappa shape index (κ3) is 4.71. The molecule has 0 atom stereocenters. The van der Waals surface area contributed by atoms with Gasteiger partial charge in [0.05, 0.1) is 17.7 Å². The lowest BCUT2D eigenvalue weighted by Crippen LogP contribution is -2.35. The van der Waals surface area contributed by atoms with Crippen LogP contribution in [0.1, 0.15) is 43.1 Å². The molecule has 1 saturated heterocycles. The minimum Gasteiger partial charge on any atom is -0.495 e. The molecule has 0 aliphatic carbocycles. The van der Waals surface area contributed by atoms with Crippen molar-refractivity contribution in [2.24, 2.45) is 0 Å². The van der Waals surface area contributed by atoms with Gasteiger partial charge < -0.3 is 10.1 Å². The van der Waals surface area contributed by atoms with E-state index in [4.69, 9.17) is 4.74 Å². The van der Waals surface area contributed by atoms with Gasteiger partial charge in [0.15, 0.2) is 0 Å². The fraction of sp³-hybridized carbons (Fsp3) is 0.450. The van der Waals surface area contributed by atoms with Crippen molar-refractivity contribution in [1.29, 1.82) is 0 Å². The first-order valence-electron chi connectivity index (χ1n) is 9.94. The van der Waals surface area contributed by atoms with Gasteiger partial charge in [0.25, 0.3) is 11.5 Å². The number of nitrogens with one attached hydrogen (secondary N) is 1. The first-order chi connectivity index (χ1) is 14.4. The van der Waals surface area contributed by atoms with Crippen molar-refractivity contribution >= 4 is 21.6 Å². The molecule has 1 fully saturated rings. The molecule has 0 spiro atoms. The molecule has 1 aliphatic heterocycles. The molecule has 1 aliphatic rings. The van der Waals surface area contributed by atoms with Crippen LogP contribution in [-0.4, -0.2) is 48.6 Å². The van der Waals surface area contributed by atoms with Gasteiger partial charge in [0.2, 0.25) is 10.0 Å². The van der Waals surface area contributed by atoms with Crippen LogP contribution in [0.25, 0.3) is 0 Å². The van der Waals surface area contributed by atoms with Gasteiger partial charge in [-0.1, -0.05) is 13.3 Å². The number of aryl methyl sites for hydroxylation is 1. The average molecular weight is 435 g/mol. The number of carbonyl (C=O) groups excluding carboxylic acids is 1. The zero-order valence-electron chi connectivity index (χ0n) is 17.1. The SMILES string of the molecule is CCCn1nc(C(=O)Nc2cc(S(=O)(=O)N3CCCCC3)ccc2OC)ccc1=O. The normalized spacial score (nSPS) is 15.0. The molecular formula is C20H26N4O5S. The first-order valence-corrected chi connectivity index (χ1v) is 11.4. The Balaban J connectivity index is 1.90. The molecule has 0 saturated carbocycles. The Hall–Kier alpha value is -2.72. The number of hydrogen-bond donors (Lipinski definition) is 1. The summed E-state index contributed by atoms with van der Waals surface area (Å²) in [5.74, 6) is -0.242. The van der Waals surface area contributed by atoms with Crippen molar-refractivity contribution in [3.63, 3.8) is 0 Å². The summed E-state index contributed by atoms with van der Waals surface area (Å²) in [6.45, 7) is 3.27. The lowest BCUT2D eigenvalue weighted by atomic mass is 10.2. The van der Waals surface area contributed by atoms with E-state index >= 15 is 0 Å². The molecule has 162 valence electrons. The number of amides is 1. The monoisotopic (exact) mass is 434 g/mol. The molecule has 1 amide bonds. The van der Waals surface area contributed by atoms with E-state index in [0.717, 1.165) is 19.3 Å². The zero-order valence-corrected chi connectivity index (χ0v) is 17.9. The van der Waals surface area contributed by atoms with Crippen molar-refractivity contribution in [2.45, 2.75) is 44.0 Å². The van der Waals surface area contributed by atoms with Gasteiger partial charge >= 0.3 is 0 Å². The molecule has 1 N–H and O–H groups in total. The Morgan fingerprint density at radius 3 is 2.57 bits per heavy atom. The van der Waals surface area contributed by atoms with Crippen LogP contribution < -0.4 is 15.6 Å². The minimum absolute atomic E-state index is 0.0504. The lowest BCUT2D eigenvalue weighted by Gasteiger charge is -2.26. The number of hydrogen-bond acceptors (Lipinski definition) is 6. The Bertz CT molecular complexity index is 1070. The highest BCUT2D eigenvalue weighted by molar-refractivity contribution is 7.89. The summed E-state index contributed by atoms with van der Waals surface area (Å²) in [5, 5.41) is 6.74. The molecule has 1 aromatic carbocycles. The van der Waals surface area contributed by atoms with Gasteiger partial charge in [-0.3, -0.25) is 9.59 Å². The van der Waals surface area contributed by atoms with Gasteiger partial charge in [-0.15, -0.1) is 0 Å². The highest BCUT2D eigenvalue weighted by atomic mass is 32.2. The second-order valence-electron chi connectivity index (χ2n) is 7.06. The van der Waals surface area contributed by atoms with Gasteiger partial charge in [-0.05, 0) is 43.5 Å². The Morgan fingerprint density at radius 2 is 1.90 bits per heavy atom. The average Bonchev–Trinajstić information content (AvgIpc) is 2.76. The van der Waals surface area contributed by atoms with Gasteiger partial charge in [0.1, 0.15) is 11.4 Å². The third-order valence-electron chi connectivity index (χ3n) is 4.91. The quantitative estimate of drug-likeness (QED) is 0.714. The number of rotatable bonds is 7. The fourth-order valence-electron chi connectivity index (χ4n) is 3.33. The van der Waals surface area contributed by atoms with E-state index in [0.29, 0.717) is 31.8 Å². The minimum atomic E-state index is -3.66. The molecule has 0 bridgehead atoms. The summed E-state index contributed by atoms with van der Waals surface area (Å²) in [4.78, 5) is 24.6. The second kappa shape index (κ2) is 9.40. The summed E-state index contributed by atoms with van der Waals surface area (Å²) in [5.41, 5.74) is -0.0226. The maximum absolute atomic E-state index is 13.0. The smallest absolute Gasteiger partial charge is 0.276 e. The standard InChI is InChI=1S/C20H26N4O5S/c1-3-11-24-19(25)10-8-16(22-24)20(26)21-17-14-15(7-9-18(17)29-2)30(27,28)23-12-5-4-6-13-23/h7-10,14H,3-6,11-13H2,1-2H3,(H,21,26). The molecule has 0 unspecified atom stereocenters. The third-order valence-corrected chi connectivity index (χ3v) is 6.80. The largest absolute Gasteiger partial charge is 0.495 e. The van der Waals surface area contributed by atoms with Crippen LogP contribution in [0.15, 0.2) is 40.0 Å². The Labute approximate surface area is 175 Å². The van der Waals surface area contributed by atoms with Gasteiger partial charge in [-0.25, -0.2) is 13.1 Å². The second-order valence-corrected chi connectivity index (χ2v) is 9.00. The predicted octanol–water partition coefficient (Wildman–Crippen LogP) is 2.09. The van der Waals surface area contributed by atoms with E-state index in [-0.39, 0.29) is 21.8 Å². The summed E-state index contributed by atoms with van der Waals surface area (Å²) in [6, 6.07) is 7.00. The zero-order chi connectivity index (χ0) is 21.7. The number of benzene rings is 1. The number of piperidine rings is 1. The number of methoxy groups -OCH3 is 1. The van der Waals surface area contributed by atoms with Crippen LogP contribution in [0.3, 0.4) is 0 Å². The summed E-state index contributed by atoms with van der Waals surface area (Å²) in [7, 11) is -2.23. The van der Waals surface area contributed by atoms with Crippen LogP contribution in [0.4, 0.5) is 5.69 Å². The van der Waals surface area contributed by atoms with E-state index in [1.54, 1.807) is 0 Å². The van der Waals surface area contributed by atoms with E-state index in [2.05, 4.69) is 10.4 Å². The van der Waals surface area contributed by atoms with Gasteiger partial charge in [-0.2, -0.15) is 9.40 Å². The number of nitrogens with zero attached hydrogens (tertiary/aromatic N) is 3. The Kier molecular flexibility index (Phi) is 6.88. The molecule has 1 aromatic heterocycles. The fourth-order valence-corrected chi connectivity index (χ4v) is 4.87. The van der Waals surface area contributed by atoms with Crippen molar-refractivity contribution in [1.82, 2.24) is 14.1 Å². The van der Waals surface area contributed by atoms with Crippen LogP contribution in [0.5, 0.6) is 5.75 Å². The maximum atomic E-state index is 13.0. The molecular weight excluding hydrogens is 408 g/mol. The molecule has 0 radical (unpaired) electrons. The summed E-state index contributed by atoms with van der Waals surface area (Å²) < 4.78 is 33.9. The molecule has 2 heterocycles. The van der Waals surface area contributed by atoms with Crippen molar-refractivity contribution < 1.29 is 17.9 Å². The molecule has 2 aromatic rings. The predicted molar refractivity (Wildman–Crippen MR) is 112 cm³/mol. The van der Waals surface area contributed by atoms with E-state index in [1.165, 1.54) is 46.4 Å². The molecule has 10 heteroatoms. The van der Waals surface area contributed by atoms with Crippen LogP contribution >= 0.6 is 0 Å². The number of sulfonamides is 1. The molecule has 30 heavy (non-hydrogen) atoms. The van der Waals surface area contributed by atoms with E-state index < -0.39 is 15.9 Å². The number of ether oxygens (including phenoxy) is 1. The van der Waals surface area contributed by atoms with E-state index in [9.17, 15) is 18.0 Å². The van der Waals surface area contributed by atoms with Gasteiger partial charge in [0, 0.05) is 25.7 Å². The highest BCUT2D eigenvalue weighted by Gasteiger charge is 2.27. The Morgan fingerprint density at radius 1 is 1.17 bits per heavy atom. The van der Waals surface area contributed by atoms with Crippen molar-refractivity contribution in [3.8, 4) is 5.75 Å². The van der Waals surface area contributed by atoms with Crippen LogP contribution in [0.2, 0.25) is 0 Å². The summed E-state index contributed by atoms with van der Waals surface area (Å²) in [6.07, 6.45) is 3.38. The number of anilines is 1. The summed E-state index contributed by atoms with van der Waals surface area (Å²) >= 11 is 0. The molecule has 3 rings (SSSR count). The van der Waals surface area contributed by atoms with E-state index in [1.807, 2.05) is 6.92 Å². The van der Waals surface area contributed by atoms with Crippen LogP contribution in [-0.2, 0) is 16.6 Å². The lowest BCUT2D eigenvalue weighted by molar-refractivity contribution is 0.101. The van der Waals surface area contributed by atoms with Crippen molar-refractivity contribution in [3.05, 3.63) is 46.4 Å². The molecule has 9 nitrogen and oxygen atoms in total. The number of aromatic nitrogens is 2. The van der Waals surface area contributed by atoms with Crippen LogP contribution in [0, 0.1) is 0 Å².